The van der Waals surface area contributed by atoms with Gasteiger partial charge >= 0.3 is 81.3 Å². The normalized spacial score (nSPS) is 10.2. The van der Waals surface area contributed by atoms with Gasteiger partial charge in [-0.25, -0.2) is 0 Å². The molecular weight excluding hydrogens is 267 g/mol. The summed E-state index contributed by atoms with van der Waals surface area (Å²) < 4.78 is 1.49. The average Bonchev–Trinajstić information content (AvgIpc) is 1.85. The Labute approximate surface area is 81.2 Å². The van der Waals surface area contributed by atoms with E-state index in [-0.39, 0.29) is 0 Å². The summed E-state index contributed by atoms with van der Waals surface area (Å²) in [7, 11) is 0. The Balaban J connectivity index is 3.25. The quantitative estimate of drug-likeness (QED) is 0.691. The van der Waals surface area contributed by atoms with Crippen molar-refractivity contribution < 1.29 is 0 Å². The first kappa shape index (κ1) is 9.31. The fraction of sp³-hybridized carbons (Fsp3) is 0.333. The molecule has 0 spiro atoms. The second-order valence-corrected chi connectivity index (χ2v) is 5.67. The molecule has 2 heteroatoms. The van der Waals surface area contributed by atoms with Gasteiger partial charge < -0.3 is 0 Å². The first-order chi connectivity index (χ1) is 5.15. The molecule has 0 bridgehead atoms. The van der Waals surface area contributed by atoms with Crippen molar-refractivity contribution in [2.75, 3.05) is 0 Å². The predicted octanol–water partition coefficient (Wildman–Crippen LogP) is 2.25. The Bertz CT molecular complexity index is 245. The molecule has 0 unspecified atom stereocenters. The third kappa shape index (κ3) is 2.08. The van der Waals surface area contributed by atoms with E-state index in [1.807, 2.05) is 0 Å². The van der Waals surface area contributed by atoms with Gasteiger partial charge in [-0.1, -0.05) is 0 Å². The summed E-state index contributed by atoms with van der Waals surface area (Å²) in [6.45, 7) is 6.50. The minimum absolute atomic E-state index is 0.453. The summed E-state index contributed by atoms with van der Waals surface area (Å²) in [6, 6.07) is 4.48. The summed E-state index contributed by atoms with van der Waals surface area (Å²) in [4.78, 5) is 0. The van der Waals surface area contributed by atoms with Gasteiger partial charge in [-0.2, -0.15) is 0 Å². The van der Waals surface area contributed by atoms with Crippen LogP contribution in [0.2, 0.25) is 0 Å². The number of halogens is 1. The molecule has 0 aromatic heterocycles. The van der Waals surface area contributed by atoms with E-state index in [4.69, 9.17) is 0 Å². The molecule has 0 fully saturated rings. The zero-order chi connectivity index (χ0) is 8.43. The van der Waals surface area contributed by atoms with Crippen LogP contribution in [-0.4, -0.2) is 13.1 Å². The molecule has 0 saturated heterocycles. The summed E-state index contributed by atoms with van der Waals surface area (Å²) >= 11 is 4.00. The fourth-order valence-corrected chi connectivity index (χ4v) is 4.70. The zero-order valence-electron chi connectivity index (χ0n) is 6.94. The Hall–Kier alpha value is 0.219. The van der Waals surface area contributed by atoms with Gasteiger partial charge in [0.1, 0.15) is 0 Å². The first-order valence-electron chi connectivity index (χ1n) is 3.51. The molecule has 0 nitrogen and oxygen atoms in total. The number of aryl methyl sites for hydroxylation is 3. The van der Waals surface area contributed by atoms with Crippen molar-refractivity contribution in [2.45, 2.75) is 20.8 Å². The van der Waals surface area contributed by atoms with Gasteiger partial charge in [0.2, 0.25) is 0 Å². The van der Waals surface area contributed by atoms with Crippen LogP contribution in [0, 0.1) is 20.8 Å². The fourth-order valence-electron chi connectivity index (χ4n) is 1.29. The van der Waals surface area contributed by atoms with E-state index in [2.05, 4.69) is 47.0 Å². The summed E-state index contributed by atoms with van der Waals surface area (Å²) in [5, 5.41) is 0. The van der Waals surface area contributed by atoms with E-state index in [9.17, 15) is 0 Å². The summed E-state index contributed by atoms with van der Waals surface area (Å²) in [6.07, 6.45) is 0. The van der Waals surface area contributed by atoms with Gasteiger partial charge in [0.05, 0.1) is 0 Å². The van der Waals surface area contributed by atoms with Crippen LogP contribution in [0.1, 0.15) is 16.7 Å². The van der Waals surface area contributed by atoms with Gasteiger partial charge in [0, 0.05) is 0 Å². The van der Waals surface area contributed by atoms with Crippen LogP contribution in [0.15, 0.2) is 12.1 Å². The molecule has 0 aliphatic rings. The van der Waals surface area contributed by atoms with Crippen molar-refractivity contribution >= 4 is 31.7 Å². The standard InChI is InChI=1S/C9H11BrSe/c1-6-4-7(2)9(11-10)8(3)5-6/h4-5H,1-3H3. The van der Waals surface area contributed by atoms with Crippen molar-refractivity contribution in [2.24, 2.45) is 0 Å². The van der Waals surface area contributed by atoms with E-state index < -0.39 is 0 Å². The third-order valence-electron chi connectivity index (χ3n) is 1.68. The van der Waals surface area contributed by atoms with Gasteiger partial charge in [-0.15, -0.1) is 0 Å². The van der Waals surface area contributed by atoms with Crippen LogP contribution in [0.5, 0.6) is 0 Å². The molecule has 0 aliphatic carbocycles. The van der Waals surface area contributed by atoms with Crippen LogP contribution in [0.4, 0.5) is 0 Å². The zero-order valence-corrected chi connectivity index (χ0v) is 10.2. The molecule has 0 heterocycles. The number of benzene rings is 1. The molecule has 1 aromatic carbocycles. The summed E-state index contributed by atoms with van der Waals surface area (Å²) in [5.41, 5.74) is 4.19. The number of rotatable bonds is 1. The SMILES string of the molecule is Cc1cc(C)c([Se]Br)c(C)c1. The van der Waals surface area contributed by atoms with Gasteiger partial charge in [-0.05, 0) is 0 Å². The van der Waals surface area contributed by atoms with Crippen molar-refractivity contribution in [3.8, 4) is 0 Å². The van der Waals surface area contributed by atoms with E-state index >= 15 is 0 Å². The molecule has 0 N–H and O–H groups in total. The monoisotopic (exact) mass is 278 g/mol. The van der Waals surface area contributed by atoms with Gasteiger partial charge in [0.25, 0.3) is 0 Å². The molecule has 0 radical (unpaired) electrons. The van der Waals surface area contributed by atoms with Crippen LogP contribution >= 0.6 is 14.1 Å². The third-order valence-corrected chi connectivity index (χ3v) is 5.04. The second kappa shape index (κ2) is 3.75. The van der Waals surface area contributed by atoms with Crippen molar-refractivity contribution in [3.05, 3.63) is 28.8 Å². The molecule has 60 valence electrons. The predicted molar refractivity (Wildman–Crippen MR) is 55.0 cm³/mol. The Morgan fingerprint density at radius 2 is 1.55 bits per heavy atom. The Kier molecular flexibility index (Phi) is 3.17. The van der Waals surface area contributed by atoms with Crippen molar-refractivity contribution in [1.29, 1.82) is 0 Å². The average molecular weight is 278 g/mol. The minimum atomic E-state index is 0.453. The molecule has 1 aromatic rings. The molecule has 0 atom stereocenters. The van der Waals surface area contributed by atoms with Gasteiger partial charge in [0.15, 0.2) is 0 Å². The maximum absolute atomic E-state index is 3.55. The van der Waals surface area contributed by atoms with E-state index in [1.54, 1.807) is 0 Å². The van der Waals surface area contributed by atoms with E-state index in [0.29, 0.717) is 13.1 Å². The molecular formula is C9H11BrSe. The molecule has 1 rings (SSSR count). The number of hydrogen-bond donors (Lipinski definition) is 0. The molecule has 0 amide bonds. The molecule has 11 heavy (non-hydrogen) atoms. The Morgan fingerprint density at radius 3 is 1.91 bits per heavy atom. The topological polar surface area (TPSA) is 0 Å². The van der Waals surface area contributed by atoms with Crippen molar-refractivity contribution in [3.63, 3.8) is 0 Å². The molecule has 0 saturated carbocycles. The van der Waals surface area contributed by atoms with Crippen molar-refractivity contribution in [1.82, 2.24) is 0 Å². The van der Waals surface area contributed by atoms with E-state index in [0.717, 1.165) is 0 Å². The Morgan fingerprint density at radius 1 is 1.09 bits per heavy atom. The van der Waals surface area contributed by atoms with Crippen LogP contribution in [0.25, 0.3) is 0 Å². The summed E-state index contributed by atoms with van der Waals surface area (Å²) in [5.74, 6) is 0. The second-order valence-electron chi connectivity index (χ2n) is 2.80. The van der Waals surface area contributed by atoms with Crippen LogP contribution in [-0.2, 0) is 0 Å². The number of hydrogen-bond acceptors (Lipinski definition) is 0. The first-order valence-corrected chi connectivity index (χ1v) is 8.38. The van der Waals surface area contributed by atoms with Crippen LogP contribution in [0.3, 0.4) is 0 Å². The van der Waals surface area contributed by atoms with Crippen LogP contribution < -0.4 is 4.46 Å². The maximum atomic E-state index is 3.55. The molecule has 0 aliphatic heterocycles. The van der Waals surface area contributed by atoms with Gasteiger partial charge in [-0.3, -0.25) is 0 Å². The van der Waals surface area contributed by atoms with E-state index in [1.165, 1.54) is 21.2 Å².